The maximum absolute atomic E-state index is 11.1. The minimum absolute atomic E-state index is 0.401. The van der Waals surface area contributed by atoms with Gasteiger partial charge in [-0.25, -0.2) is 4.98 Å². The van der Waals surface area contributed by atoms with E-state index in [9.17, 15) is 4.79 Å². The molecule has 5 heteroatoms. The number of hydrogen-bond donors (Lipinski definition) is 1. The van der Waals surface area contributed by atoms with Crippen LogP contribution in [0.3, 0.4) is 0 Å². The van der Waals surface area contributed by atoms with Gasteiger partial charge in [-0.2, -0.15) is 0 Å². The molecule has 0 fully saturated rings. The van der Waals surface area contributed by atoms with Crippen molar-refractivity contribution < 1.29 is 19.1 Å². The molecule has 0 saturated heterocycles. The number of aryl methyl sites for hydroxylation is 1. The van der Waals surface area contributed by atoms with E-state index in [0.717, 1.165) is 34.6 Å². The molecule has 5 nitrogen and oxygen atoms in total. The predicted octanol–water partition coefficient (Wildman–Crippen LogP) is 4.79. The summed E-state index contributed by atoms with van der Waals surface area (Å²) in [6, 6.07) is 15.7. The SMILES string of the molecule is CCc1cc(C[C@H](C)C(=O)O)ccc1OCCc1coc(-c2ccccc2)n1. The highest BCUT2D eigenvalue weighted by atomic mass is 16.5. The summed E-state index contributed by atoms with van der Waals surface area (Å²) in [6.07, 6.45) is 3.66. The van der Waals surface area contributed by atoms with Gasteiger partial charge in [0.15, 0.2) is 0 Å². The Bertz CT molecular complexity index is 917. The van der Waals surface area contributed by atoms with Gasteiger partial charge in [0.05, 0.1) is 18.2 Å². The summed E-state index contributed by atoms with van der Waals surface area (Å²) in [4.78, 5) is 15.6. The second-order valence-electron chi connectivity index (χ2n) is 6.85. The van der Waals surface area contributed by atoms with Crippen molar-refractivity contribution in [2.45, 2.75) is 33.1 Å². The average molecular weight is 379 g/mol. The topological polar surface area (TPSA) is 72.6 Å². The summed E-state index contributed by atoms with van der Waals surface area (Å²) in [5.41, 5.74) is 3.90. The van der Waals surface area contributed by atoms with Crippen LogP contribution in [0.15, 0.2) is 59.2 Å². The van der Waals surface area contributed by atoms with Crippen molar-refractivity contribution in [2.24, 2.45) is 5.92 Å². The van der Waals surface area contributed by atoms with E-state index in [0.29, 0.717) is 25.3 Å². The maximum Gasteiger partial charge on any atom is 0.306 e. The first-order chi connectivity index (χ1) is 13.6. The zero-order valence-corrected chi connectivity index (χ0v) is 16.2. The molecule has 2 aromatic carbocycles. The van der Waals surface area contributed by atoms with Crippen LogP contribution >= 0.6 is 0 Å². The zero-order chi connectivity index (χ0) is 19.9. The van der Waals surface area contributed by atoms with Gasteiger partial charge in [0, 0.05) is 12.0 Å². The van der Waals surface area contributed by atoms with Crippen LogP contribution in [0.2, 0.25) is 0 Å². The lowest BCUT2D eigenvalue weighted by molar-refractivity contribution is -0.141. The lowest BCUT2D eigenvalue weighted by atomic mass is 9.98. The van der Waals surface area contributed by atoms with E-state index in [-0.39, 0.29) is 0 Å². The lowest BCUT2D eigenvalue weighted by Gasteiger charge is -2.13. The molecule has 1 N–H and O–H groups in total. The monoisotopic (exact) mass is 379 g/mol. The molecule has 1 aromatic heterocycles. The van der Waals surface area contributed by atoms with Crippen LogP contribution in [0.1, 0.15) is 30.7 Å². The molecule has 0 aliphatic heterocycles. The summed E-state index contributed by atoms with van der Waals surface area (Å²) in [6.45, 7) is 4.29. The van der Waals surface area contributed by atoms with Crippen LogP contribution in [0, 0.1) is 5.92 Å². The molecule has 0 saturated carbocycles. The number of aliphatic carboxylic acids is 1. The predicted molar refractivity (Wildman–Crippen MR) is 107 cm³/mol. The van der Waals surface area contributed by atoms with Crippen LogP contribution in [0.25, 0.3) is 11.5 Å². The Labute approximate surface area is 165 Å². The minimum Gasteiger partial charge on any atom is -0.493 e. The highest BCUT2D eigenvalue weighted by Gasteiger charge is 2.13. The highest BCUT2D eigenvalue weighted by molar-refractivity contribution is 5.69. The van der Waals surface area contributed by atoms with E-state index < -0.39 is 11.9 Å². The number of carboxylic acid groups (broad SMARTS) is 1. The van der Waals surface area contributed by atoms with Gasteiger partial charge in [-0.1, -0.05) is 44.2 Å². The Morgan fingerprint density at radius 3 is 2.71 bits per heavy atom. The number of aromatic nitrogens is 1. The Morgan fingerprint density at radius 1 is 1.21 bits per heavy atom. The number of nitrogens with zero attached hydrogens (tertiary/aromatic N) is 1. The number of carboxylic acids is 1. The number of benzene rings is 2. The fourth-order valence-corrected chi connectivity index (χ4v) is 3.02. The molecule has 146 valence electrons. The fraction of sp³-hybridized carbons (Fsp3) is 0.304. The summed E-state index contributed by atoms with van der Waals surface area (Å²) in [7, 11) is 0. The molecular formula is C23H25NO4. The van der Waals surface area contributed by atoms with Gasteiger partial charge in [0.1, 0.15) is 12.0 Å². The van der Waals surface area contributed by atoms with Gasteiger partial charge < -0.3 is 14.3 Å². The molecule has 1 atom stereocenters. The third-order valence-electron chi connectivity index (χ3n) is 4.66. The quantitative estimate of drug-likeness (QED) is 0.579. The maximum atomic E-state index is 11.1. The van der Waals surface area contributed by atoms with Crippen molar-refractivity contribution in [1.82, 2.24) is 4.98 Å². The number of hydrogen-bond acceptors (Lipinski definition) is 4. The first-order valence-corrected chi connectivity index (χ1v) is 9.54. The van der Waals surface area contributed by atoms with Crippen LogP contribution in [-0.2, 0) is 24.1 Å². The van der Waals surface area contributed by atoms with Crippen molar-refractivity contribution >= 4 is 5.97 Å². The molecule has 0 spiro atoms. The van der Waals surface area contributed by atoms with Crippen molar-refractivity contribution in [3.63, 3.8) is 0 Å². The van der Waals surface area contributed by atoms with Crippen LogP contribution in [-0.4, -0.2) is 22.7 Å². The van der Waals surface area contributed by atoms with E-state index >= 15 is 0 Å². The minimum atomic E-state index is -0.777. The van der Waals surface area contributed by atoms with Crippen molar-refractivity contribution in [3.05, 3.63) is 71.6 Å². The standard InChI is InChI=1S/C23H25NO4/c1-3-18-14-17(13-16(2)23(25)26)9-10-21(18)27-12-11-20-15-28-22(24-20)19-7-5-4-6-8-19/h4-10,14-16H,3,11-13H2,1-2H3,(H,25,26)/t16-/m0/s1. The molecule has 3 aromatic rings. The van der Waals surface area contributed by atoms with Gasteiger partial charge in [-0.05, 0) is 42.2 Å². The van der Waals surface area contributed by atoms with Crippen LogP contribution < -0.4 is 4.74 Å². The van der Waals surface area contributed by atoms with Crippen molar-refractivity contribution in [1.29, 1.82) is 0 Å². The molecule has 28 heavy (non-hydrogen) atoms. The second-order valence-corrected chi connectivity index (χ2v) is 6.85. The lowest BCUT2D eigenvalue weighted by Crippen LogP contribution is -2.12. The Morgan fingerprint density at radius 2 is 2.00 bits per heavy atom. The van der Waals surface area contributed by atoms with E-state index in [1.165, 1.54) is 0 Å². The Hall–Kier alpha value is -3.08. The third kappa shape index (κ3) is 5.00. The van der Waals surface area contributed by atoms with Crippen molar-refractivity contribution in [3.8, 4) is 17.2 Å². The van der Waals surface area contributed by atoms with E-state index in [1.54, 1.807) is 13.2 Å². The van der Waals surface area contributed by atoms with E-state index in [1.807, 2.05) is 48.5 Å². The highest BCUT2D eigenvalue weighted by Crippen LogP contribution is 2.23. The van der Waals surface area contributed by atoms with Crippen LogP contribution in [0.4, 0.5) is 0 Å². The molecule has 0 aliphatic rings. The molecule has 0 aliphatic carbocycles. The average Bonchev–Trinajstić information content (AvgIpc) is 3.18. The van der Waals surface area contributed by atoms with Gasteiger partial charge in [0.25, 0.3) is 0 Å². The van der Waals surface area contributed by atoms with Gasteiger partial charge in [-0.3, -0.25) is 4.79 Å². The van der Waals surface area contributed by atoms with E-state index in [2.05, 4.69) is 11.9 Å². The first kappa shape index (κ1) is 19.7. The smallest absolute Gasteiger partial charge is 0.306 e. The number of oxazole rings is 1. The molecule has 0 bridgehead atoms. The number of carbonyl (C=O) groups is 1. The normalized spacial score (nSPS) is 11.9. The Kier molecular flexibility index (Phi) is 6.48. The summed E-state index contributed by atoms with van der Waals surface area (Å²) in [5.74, 6) is 0.270. The van der Waals surface area contributed by atoms with Gasteiger partial charge in [0.2, 0.25) is 5.89 Å². The van der Waals surface area contributed by atoms with Crippen molar-refractivity contribution in [2.75, 3.05) is 6.61 Å². The van der Waals surface area contributed by atoms with Gasteiger partial charge >= 0.3 is 5.97 Å². The molecule has 1 heterocycles. The fourth-order valence-electron chi connectivity index (χ4n) is 3.02. The molecule has 3 rings (SSSR count). The largest absolute Gasteiger partial charge is 0.493 e. The molecule has 0 amide bonds. The molecule has 0 unspecified atom stereocenters. The second kappa shape index (κ2) is 9.22. The van der Waals surface area contributed by atoms with E-state index in [4.69, 9.17) is 14.3 Å². The third-order valence-corrected chi connectivity index (χ3v) is 4.66. The Balaban J connectivity index is 1.59. The first-order valence-electron chi connectivity index (χ1n) is 9.54. The summed E-state index contributed by atoms with van der Waals surface area (Å²) >= 11 is 0. The number of ether oxygens (including phenoxy) is 1. The van der Waals surface area contributed by atoms with Crippen LogP contribution in [0.5, 0.6) is 5.75 Å². The molecule has 0 radical (unpaired) electrons. The zero-order valence-electron chi connectivity index (χ0n) is 16.2. The molecular weight excluding hydrogens is 354 g/mol. The number of rotatable bonds is 9. The summed E-state index contributed by atoms with van der Waals surface area (Å²) < 4.78 is 11.5. The van der Waals surface area contributed by atoms with Gasteiger partial charge in [-0.15, -0.1) is 0 Å². The summed E-state index contributed by atoms with van der Waals surface area (Å²) in [5, 5.41) is 9.08.